The zero-order chi connectivity index (χ0) is 9.97. The van der Waals surface area contributed by atoms with Crippen LogP contribution in [0, 0.1) is 6.92 Å². The molecule has 0 amide bonds. The summed E-state index contributed by atoms with van der Waals surface area (Å²) in [5.74, 6) is 0.818. The Labute approximate surface area is 83.5 Å². The highest BCUT2D eigenvalue weighted by Crippen LogP contribution is 2.23. The van der Waals surface area contributed by atoms with E-state index in [1.54, 1.807) is 7.11 Å². The standard InChI is InChI=1S/C12H12NO/c1-3-9-7-10-5-4-6-11(14-2)12(10)13-8-9/h4-8H,1,3H2,2H3. The van der Waals surface area contributed by atoms with Crippen LogP contribution in [0.2, 0.25) is 0 Å². The summed E-state index contributed by atoms with van der Waals surface area (Å²) < 4.78 is 5.22. The molecule has 1 radical (unpaired) electrons. The second-order valence-electron chi connectivity index (χ2n) is 3.13. The number of benzene rings is 1. The van der Waals surface area contributed by atoms with Crippen LogP contribution in [0.1, 0.15) is 5.56 Å². The second-order valence-corrected chi connectivity index (χ2v) is 3.13. The molecule has 0 atom stereocenters. The summed E-state index contributed by atoms with van der Waals surface area (Å²) in [6, 6.07) is 8.01. The molecule has 14 heavy (non-hydrogen) atoms. The van der Waals surface area contributed by atoms with Crippen LogP contribution >= 0.6 is 0 Å². The first-order valence-corrected chi connectivity index (χ1v) is 4.56. The Bertz CT molecular complexity index is 451. The van der Waals surface area contributed by atoms with Crippen molar-refractivity contribution in [1.82, 2.24) is 4.98 Å². The average Bonchev–Trinajstić information content (AvgIpc) is 2.27. The third-order valence-corrected chi connectivity index (χ3v) is 2.24. The maximum absolute atomic E-state index is 5.22. The Balaban J connectivity index is 2.67. The van der Waals surface area contributed by atoms with Crippen molar-refractivity contribution in [2.24, 2.45) is 0 Å². The Morgan fingerprint density at radius 3 is 3.00 bits per heavy atom. The van der Waals surface area contributed by atoms with E-state index < -0.39 is 0 Å². The predicted molar refractivity (Wildman–Crippen MR) is 57.4 cm³/mol. The molecule has 1 heterocycles. The fraction of sp³-hybridized carbons (Fsp3) is 0.167. The van der Waals surface area contributed by atoms with Gasteiger partial charge in [0.25, 0.3) is 0 Å². The molecule has 0 saturated heterocycles. The number of methoxy groups -OCH3 is 1. The Morgan fingerprint density at radius 2 is 2.29 bits per heavy atom. The highest BCUT2D eigenvalue weighted by molar-refractivity contribution is 5.84. The fourth-order valence-corrected chi connectivity index (χ4v) is 1.48. The smallest absolute Gasteiger partial charge is 0.145 e. The molecule has 2 nitrogen and oxygen atoms in total. The summed E-state index contributed by atoms with van der Waals surface area (Å²) in [6.45, 7) is 3.83. The van der Waals surface area contributed by atoms with Gasteiger partial charge in [-0.3, -0.25) is 4.98 Å². The van der Waals surface area contributed by atoms with E-state index in [1.165, 1.54) is 0 Å². The number of pyridine rings is 1. The number of fused-ring (bicyclic) bond motifs is 1. The zero-order valence-corrected chi connectivity index (χ0v) is 8.16. The minimum absolute atomic E-state index is 0.764. The molecule has 2 heteroatoms. The van der Waals surface area contributed by atoms with E-state index in [0.717, 1.165) is 28.6 Å². The van der Waals surface area contributed by atoms with Crippen LogP contribution in [0.25, 0.3) is 10.9 Å². The molecule has 0 fully saturated rings. The van der Waals surface area contributed by atoms with Gasteiger partial charge in [0.2, 0.25) is 0 Å². The summed E-state index contributed by atoms with van der Waals surface area (Å²) in [6.07, 6.45) is 2.61. The van der Waals surface area contributed by atoms with Crippen molar-refractivity contribution >= 4 is 10.9 Å². The predicted octanol–water partition coefficient (Wildman–Crippen LogP) is 2.62. The first kappa shape index (κ1) is 9.00. The van der Waals surface area contributed by atoms with E-state index in [9.17, 15) is 0 Å². The van der Waals surface area contributed by atoms with Crippen molar-refractivity contribution < 1.29 is 4.74 Å². The van der Waals surface area contributed by atoms with Crippen molar-refractivity contribution in [1.29, 1.82) is 0 Å². The number of hydrogen-bond donors (Lipinski definition) is 0. The van der Waals surface area contributed by atoms with Gasteiger partial charge < -0.3 is 4.74 Å². The van der Waals surface area contributed by atoms with Crippen molar-refractivity contribution in [3.8, 4) is 5.75 Å². The quantitative estimate of drug-likeness (QED) is 0.719. The molecule has 2 rings (SSSR count). The second kappa shape index (κ2) is 3.66. The molecular weight excluding hydrogens is 174 g/mol. The van der Waals surface area contributed by atoms with Crippen LogP contribution < -0.4 is 4.74 Å². The number of rotatable bonds is 2. The molecule has 0 aliphatic rings. The SMILES string of the molecule is [CH2]Cc1cnc2c(OC)cccc2c1. The number of nitrogens with zero attached hydrogens (tertiary/aromatic N) is 1. The van der Waals surface area contributed by atoms with Gasteiger partial charge in [-0.2, -0.15) is 0 Å². The summed E-state index contributed by atoms with van der Waals surface area (Å²) in [7, 11) is 1.66. The Morgan fingerprint density at radius 1 is 1.43 bits per heavy atom. The van der Waals surface area contributed by atoms with Crippen LogP contribution in [-0.4, -0.2) is 12.1 Å². The van der Waals surface area contributed by atoms with Crippen LogP contribution in [0.3, 0.4) is 0 Å². The van der Waals surface area contributed by atoms with E-state index in [-0.39, 0.29) is 0 Å². The maximum Gasteiger partial charge on any atom is 0.145 e. The van der Waals surface area contributed by atoms with Crippen molar-refractivity contribution in [2.75, 3.05) is 7.11 Å². The molecule has 0 aliphatic heterocycles. The fourth-order valence-electron chi connectivity index (χ4n) is 1.48. The van der Waals surface area contributed by atoms with Crippen LogP contribution in [0.15, 0.2) is 30.5 Å². The lowest BCUT2D eigenvalue weighted by atomic mass is 10.1. The molecule has 0 N–H and O–H groups in total. The highest BCUT2D eigenvalue weighted by Gasteiger charge is 2.01. The maximum atomic E-state index is 5.22. The number of aromatic nitrogens is 1. The van der Waals surface area contributed by atoms with Gasteiger partial charge >= 0.3 is 0 Å². The van der Waals surface area contributed by atoms with Gasteiger partial charge in [-0.1, -0.05) is 12.1 Å². The molecular formula is C12H12NO. The van der Waals surface area contributed by atoms with Crippen LogP contribution in [0.4, 0.5) is 0 Å². The van der Waals surface area contributed by atoms with Crippen molar-refractivity contribution in [3.05, 3.63) is 42.9 Å². The van der Waals surface area contributed by atoms with Crippen molar-refractivity contribution in [2.45, 2.75) is 6.42 Å². The third kappa shape index (κ3) is 1.43. The first-order valence-electron chi connectivity index (χ1n) is 4.56. The number of hydrogen-bond acceptors (Lipinski definition) is 2. The van der Waals surface area contributed by atoms with E-state index in [4.69, 9.17) is 4.74 Å². The molecule has 0 aliphatic carbocycles. The normalized spacial score (nSPS) is 10.4. The summed E-state index contributed by atoms with van der Waals surface area (Å²) in [4.78, 5) is 4.36. The monoisotopic (exact) mass is 186 g/mol. The van der Waals surface area contributed by atoms with E-state index in [0.29, 0.717) is 0 Å². The molecule has 0 unspecified atom stereocenters. The van der Waals surface area contributed by atoms with Gasteiger partial charge in [-0.15, -0.1) is 0 Å². The average molecular weight is 186 g/mol. The van der Waals surface area contributed by atoms with E-state index >= 15 is 0 Å². The largest absolute Gasteiger partial charge is 0.494 e. The van der Waals surface area contributed by atoms with Gasteiger partial charge in [0, 0.05) is 11.6 Å². The van der Waals surface area contributed by atoms with Crippen LogP contribution in [0.5, 0.6) is 5.75 Å². The number of ether oxygens (including phenoxy) is 1. The molecule has 0 saturated carbocycles. The molecule has 2 aromatic rings. The third-order valence-electron chi connectivity index (χ3n) is 2.24. The van der Waals surface area contributed by atoms with E-state index in [2.05, 4.69) is 18.0 Å². The molecule has 1 aromatic heterocycles. The van der Waals surface area contributed by atoms with Gasteiger partial charge in [-0.25, -0.2) is 0 Å². The summed E-state index contributed by atoms with van der Waals surface area (Å²) in [5, 5.41) is 1.10. The molecule has 0 bridgehead atoms. The van der Waals surface area contributed by atoms with Gasteiger partial charge in [0.05, 0.1) is 7.11 Å². The molecule has 71 valence electrons. The summed E-state index contributed by atoms with van der Waals surface area (Å²) >= 11 is 0. The molecule has 1 aromatic carbocycles. The van der Waals surface area contributed by atoms with Gasteiger partial charge in [-0.05, 0) is 31.0 Å². The Kier molecular flexibility index (Phi) is 2.35. The number of para-hydroxylation sites is 1. The van der Waals surface area contributed by atoms with Crippen LogP contribution in [-0.2, 0) is 6.42 Å². The van der Waals surface area contributed by atoms with E-state index in [1.807, 2.05) is 24.4 Å². The lowest BCUT2D eigenvalue weighted by Crippen LogP contribution is -1.89. The lowest BCUT2D eigenvalue weighted by Gasteiger charge is -2.05. The molecule has 0 spiro atoms. The van der Waals surface area contributed by atoms with Gasteiger partial charge in [0.1, 0.15) is 11.3 Å². The zero-order valence-electron chi connectivity index (χ0n) is 8.16. The minimum atomic E-state index is 0.764. The topological polar surface area (TPSA) is 22.1 Å². The first-order chi connectivity index (χ1) is 6.85. The van der Waals surface area contributed by atoms with Crippen molar-refractivity contribution in [3.63, 3.8) is 0 Å². The lowest BCUT2D eigenvalue weighted by molar-refractivity contribution is 0.419. The Hall–Kier alpha value is -1.57. The minimum Gasteiger partial charge on any atom is -0.494 e. The highest BCUT2D eigenvalue weighted by atomic mass is 16.5. The summed E-state index contributed by atoms with van der Waals surface area (Å²) in [5.41, 5.74) is 2.05. The van der Waals surface area contributed by atoms with Gasteiger partial charge in [0.15, 0.2) is 0 Å².